The predicted molar refractivity (Wildman–Crippen MR) is 154 cm³/mol. The van der Waals surface area contributed by atoms with Crippen LogP contribution in [0.1, 0.15) is 49.5 Å². The first-order valence-corrected chi connectivity index (χ1v) is 13.6. The van der Waals surface area contributed by atoms with Crippen molar-refractivity contribution in [3.63, 3.8) is 0 Å². The minimum Gasteiger partial charge on any atom is -0.444 e. The lowest BCUT2D eigenvalue weighted by Crippen LogP contribution is -2.43. The highest BCUT2D eigenvalue weighted by molar-refractivity contribution is 6.29. The molecule has 0 unspecified atom stereocenters. The number of anilines is 1. The van der Waals surface area contributed by atoms with Crippen molar-refractivity contribution >= 4 is 40.3 Å². The molecule has 0 atom stereocenters. The Morgan fingerprint density at radius 2 is 1.88 bits per heavy atom. The average molecular weight is 562 g/mol. The molecule has 4 aromatic rings. The largest absolute Gasteiger partial charge is 0.444 e. The van der Waals surface area contributed by atoms with Crippen LogP contribution in [0.15, 0.2) is 60.8 Å². The number of para-hydroxylation sites is 1. The molecule has 208 valence electrons. The normalized spacial score (nSPS) is 14.3. The van der Waals surface area contributed by atoms with E-state index in [-0.39, 0.29) is 18.1 Å². The van der Waals surface area contributed by atoms with E-state index in [0.29, 0.717) is 47.4 Å². The summed E-state index contributed by atoms with van der Waals surface area (Å²) >= 11 is 6.04. The van der Waals surface area contributed by atoms with E-state index in [1.54, 1.807) is 29.3 Å². The van der Waals surface area contributed by atoms with Crippen LogP contribution in [0.25, 0.3) is 22.4 Å². The van der Waals surface area contributed by atoms with Gasteiger partial charge in [0.1, 0.15) is 22.1 Å². The van der Waals surface area contributed by atoms with Crippen LogP contribution in [0, 0.1) is 0 Å². The van der Waals surface area contributed by atoms with E-state index in [1.165, 1.54) is 0 Å². The van der Waals surface area contributed by atoms with E-state index >= 15 is 0 Å². The van der Waals surface area contributed by atoms with E-state index in [0.717, 1.165) is 29.5 Å². The Morgan fingerprint density at radius 3 is 2.62 bits per heavy atom. The van der Waals surface area contributed by atoms with Gasteiger partial charge in [0.05, 0.1) is 23.8 Å². The molecule has 10 heteroatoms. The Bertz CT molecular complexity index is 1520. The van der Waals surface area contributed by atoms with Gasteiger partial charge in [0, 0.05) is 30.5 Å². The Balaban J connectivity index is 1.19. The summed E-state index contributed by atoms with van der Waals surface area (Å²) in [4.78, 5) is 39.2. The first-order chi connectivity index (χ1) is 19.1. The molecule has 0 radical (unpaired) electrons. The Kier molecular flexibility index (Phi) is 8.04. The van der Waals surface area contributed by atoms with Crippen molar-refractivity contribution in [3.05, 3.63) is 77.1 Å². The van der Waals surface area contributed by atoms with Crippen LogP contribution in [0.3, 0.4) is 0 Å². The highest BCUT2D eigenvalue weighted by Crippen LogP contribution is 2.25. The van der Waals surface area contributed by atoms with Crippen LogP contribution in [0.5, 0.6) is 0 Å². The molecule has 0 aliphatic carbocycles. The van der Waals surface area contributed by atoms with Crippen molar-refractivity contribution in [2.24, 2.45) is 0 Å². The molecular weight excluding hydrogens is 530 g/mol. The zero-order valence-electron chi connectivity index (χ0n) is 22.7. The third-order valence-corrected chi connectivity index (χ3v) is 6.73. The fourth-order valence-corrected chi connectivity index (χ4v) is 4.76. The summed E-state index contributed by atoms with van der Waals surface area (Å²) in [5, 5.41) is 3.35. The van der Waals surface area contributed by atoms with Gasteiger partial charge in [-0.3, -0.25) is 4.79 Å². The molecule has 2 amide bonds. The van der Waals surface area contributed by atoms with Gasteiger partial charge < -0.3 is 24.7 Å². The number of H-pyrrole nitrogens is 1. The van der Waals surface area contributed by atoms with Crippen molar-refractivity contribution in [1.29, 1.82) is 0 Å². The number of aromatic amines is 1. The SMILES string of the molecule is CC(C)(C)OC(=O)N1CCC(OCc2cccc(NC(=O)c3cccc4[nH]c(-c5ccnc(Cl)c5)nc34)c2)CC1. The number of likely N-dealkylation sites (tertiary alicyclic amines) is 1. The maximum atomic E-state index is 13.2. The molecule has 0 spiro atoms. The van der Waals surface area contributed by atoms with E-state index in [9.17, 15) is 9.59 Å². The van der Waals surface area contributed by atoms with Crippen molar-refractivity contribution in [3.8, 4) is 11.4 Å². The number of benzene rings is 2. The summed E-state index contributed by atoms with van der Waals surface area (Å²) < 4.78 is 11.6. The third kappa shape index (κ3) is 6.78. The number of carbonyl (C=O) groups excluding carboxylic acids is 2. The number of hydrogen-bond donors (Lipinski definition) is 2. The fraction of sp³-hybridized carbons (Fsp3) is 0.333. The molecule has 1 fully saturated rings. The highest BCUT2D eigenvalue weighted by atomic mass is 35.5. The van der Waals surface area contributed by atoms with Gasteiger partial charge in [-0.15, -0.1) is 0 Å². The Hall–Kier alpha value is -3.95. The van der Waals surface area contributed by atoms with Crippen LogP contribution >= 0.6 is 11.6 Å². The Morgan fingerprint density at radius 1 is 1.10 bits per heavy atom. The number of halogens is 1. The summed E-state index contributed by atoms with van der Waals surface area (Å²) in [5.74, 6) is 0.347. The summed E-state index contributed by atoms with van der Waals surface area (Å²) in [6.45, 7) is 7.21. The molecule has 5 rings (SSSR count). The standard InChI is InChI=1S/C30H32ClN5O4/c1-30(2,3)40-29(38)36-14-11-22(12-15-36)39-18-19-6-4-7-21(16-19)33-28(37)23-8-5-9-24-26(23)35-27(34-24)20-10-13-32-25(31)17-20/h4-10,13,16-17,22H,11-12,14-15,18H2,1-3H3,(H,33,37)(H,34,35). The van der Waals surface area contributed by atoms with Gasteiger partial charge in [0.2, 0.25) is 0 Å². The van der Waals surface area contributed by atoms with Crippen LogP contribution in [0.4, 0.5) is 10.5 Å². The molecule has 1 saturated heterocycles. The van der Waals surface area contributed by atoms with E-state index in [2.05, 4.69) is 20.3 Å². The number of pyridine rings is 1. The number of piperidine rings is 1. The minimum atomic E-state index is -0.507. The lowest BCUT2D eigenvalue weighted by Gasteiger charge is -2.33. The van der Waals surface area contributed by atoms with Gasteiger partial charge in [-0.2, -0.15) is 0 Å². The molecule has 9 nitrogen and oxygen atoms in total. The summed E-state index contributed by atoms with van der Waals surface area (Å²) in [6, 6.07) is 16.6. The maximum Gasteiger partial charge on any atom is 0.410 e. The second-order valence-electron chi connectivity index (χ2n) is 10.8. The van der Waals surface area contributed by atoms with Gasteiger partial charge in [0.25, 0.3) is 5.91 Å². The van der Waals surface area contributed by atoms with Crippen LogP contribution in [0.2, 0.25) is 5.15 Å². The van der Waals surface area contributed by atoms with E-state index in [4.69, 9.17) is 21.1 Å². The topological polar surface area (TPSA) is 109 Å². The molecule has 3 heterocycles. The van der Waals surface area contributed by atoms with Crippen LogP contribution in [-0.4, -0.2) is 56.6 Å². The maximum absolute atomic E-state index is 13.2. The smallest absolute Gasteiger partial charge is 0.410 e. The number of amides is 2. The molecule has 2 aromatic heterocycles. The van der Waals surface area contributed by atoms with Crippen molar-refractivity contribution in [2.75, 3.05) is 18.4 Å². The molecule has 40 heavy (non-hydrogen) atoms. The molecular formula is C30H32ClN5O4. The molecule has 0 saturated carbocycles. The van der Waals surface area contributed by atoms with Crippen molar-refractivity contribution in [2.45, 2.75) is 51.9 Å². The first-order valence-electron chi connectivity index (χ1n) is 13.2. The molecule has 2 aromatic carbocycles. The fourth-order valence-electron chi connectivity index (χ4n) is 4.58. The summed E-state index contributed by atoms with van der Waals surface area (Å²) in [6.07, 6.45) is 2.88. The first kappa shape index (κ1) is 27.6. The number of nitrogens with zero attached hydrogens (tertiary/aromatic N) is 3. The van der Waals surface area contributed by atoms with Crippen molar-refractivity contribution < 1.29 is 19.1 Å². The third-order valence-electron chi connectivity index (χ3n) is 6.52. The number of hydrogen-bond acceptors (Lipinski definition) is 6. The molecule has 2 N–H and O–H groups in total. The molecule has 1 aliphatic rings. The zero-order chi connectivity index (χ0) is 28.3. The summed E-state index contributed by atoms with van der Waals surface area (Å²) in [5.41, 5.74) is 3.66. The van der Waals surface area contributed by atoms with Crippen LogP contribution < -0.4 is 5.32 Å². The second kappa shape index (κ2) is 11.7. The van der Waals surface area contributed by atoms with Gasteiger partial charge in [-0.05, 0) is 75.6 Å². The lowest BCUT2D eigenvalue weighted by atomic mass is 10.1. The number of fused-ring (bicyclic) bond motifs is 1. The monoisotopic (exact) mass is 561 g/mol. The van der Waals surface area contributed by atoms with Gasteiger partial charge >= 0.3 is 6.09 Å². The number of ether oxygens (including phenoxy) is 2. The van der Waals surface area contributed by atoms with E-state index in [1.807, 2.05) is 57.2 Å². The Labute approximate surface area is 237 Å². The second-order valence-corrected chi connectivity index (χ2v) is 11.2. The predicted octanol–water partition coefficient (Wildman–Crippen LogP) is 6.45. The summed E-state index contributed by atoms with van der Waals surface area (Å²) in [7, 11) is 0. The lowest BCUT2D eigenvalue weighted by molar-refractivity contribution is -0.0170. The van der Waals surface area contributed by atoms with Gasteiger partial charge in [-0.1, -0.05) is 29.8 Å². The van der Waals surface area contributed by atoms with Gasteiger partial charge in [0.15, 0.2) is 0 Å². The number of rotatable bonds is 6. The molecule has 0 bridgehead atoms. The number of imidazole rings is 1. The van der Waals surface area contributed by atoms with E-state index < -0.39 is 5.60 Å². The quantitative estimate of drug-likeness (QED) is 0.262. The molecule has 1 aliphatic heterocycles. The highest BCUT2D eigenvalue weighted by Gasteiger charge is 2.27. The van der Waals surface area contributed by atoms with Crippen molar-refractivity contribution in [1.82, 2.24) is 19.9 Å². The van der Waals surface area contributed by atoms with Gasteiger partial charge in [-0.25, -0.2) is 14.8 Å². The average Bonchev–Trinajstić information content (AvgIpc) is 3.36. The number of nitrogens with one attached hydrogen (secondary N) is 2. The number of carbonyl (C=O) groups is 2. The minimum absolute atomic E-state index is 0.0543. The zero-order valence-corrected chi connectivity index (χ0v) is 23.5. The van der Waals surface area contributed by atoms with Crippen LogP contribution in [-0.2, 0) is 16.1 Å². The number of aromatic nitrogens is 3.